The average Bonchev–Trinajstić information content (AvgIpc) is 2.98. The van der Waals surface area contributed by atoms with Crippen LogP contribution < -0.4 is 5.32 Å². The summed E-state index contributed by atoms with van der Waals surface area (Å²) < 4.78 is 5.25. The smallest absolute Gasteiger partial charge is 0.246 e. The molecule has 1 saturated heterocycles. The largest absolute Gasteiger partial charge is 0.467 e. The van der Waals surface area contributed by atoms with Crippen LogP contribution in [-0.4, -0.2) is 29.3 Å². The summed E-state index contributed by atoms with van der Waals surface area (Å²) in [5.74, 6) is 0.466. The molecule has 1 aliphatic rings. The van der Waals surface area contributed by atoms with Gasteiger partial charge >= 0.3 is 0 Å². The third kappa shape index (κ3) is 3.13. The number of hydrogen-bond donors (Lipinski definition) is 1. The first-order valence-electron chi connectivity index (χ1n) is 6.87. The molecule has 2 amide bonds. The topological polar surface area (TPSA) is 62.6 Å². The maximum Gasteiger partial charge on any atom is 0.246 e. The summed E-state index contributed by atoms with van der Waals surface area (Å²) >= 11 is 0. The zero-order valence-corrected chi connectivity index (χ0v) is 11.5. The molecule has 1 atom stereocenters. The van der Waals surface area contributed by atoms with Crippen LogP contribution >= 0.6 is 0 Å². The van der Waals surface area contributed by atoms with E-state index < -0.39 is 6.04 Å². The molecule has 1 aromatic heterocycles. The molecule has 108 valence electrons. The van der Waals surface area contributed by atoms with Gasteiger partial charge in [-0.05, 0) is 17.7 Å². The van der Waals surface area contributed by atoms with Crippen molar-refractivity contribution in [3.8, 4) is 0 Å². The lowest BCUT2D eigenvalue weighted by molar-refractivity contribution is -0.145. The van der Waals surface area contributed by atoms with Crippen LogP contribution in [0, 0.1) is 0 Å². The Labute approximate surface area is 122 Å². The minimum atomic E-state index is -0.511. The van der Waals surface area contributed by atoms with Crippen molar-refractivity contribution in [3.63, 3.8) is 0 Å². The lowest BCUT2D eigenvalue weighted by atomic mass is 10.0. The van der Waals surface area contributed by atoms with E-state index in [4.69, 9.17) is 4.42 Å². The third-order valence-corrected chi connectivity index (χ3v) is 3.49. The summed E-state index contributed by atoms with van der Waals surface area (Å²) in [4.78, 5) is 25.8. The van der Waals surface area contributed by atoms with Gasteiger partial charge in [0.1, 0.15) is 18.3 Å². The van der Waals surface area contributed by atoms with Gasteiger partial charge < -0.3 is 14.6 Å². The summed E-state index contributed by atoms with van der Waals surface area (Å²) in [5, 5.41) is 2.76. The molecule has 5 heteroatoms. The van der Waals surface area contributed by atoms with Gasteiger partial charge in [-0.1, -0.05) is 30.3 Å². The molecule has 1 fully saturated rings. The fourth-order valence-corrected chi connectivity index (χ4v) is 2.49. The van der Waals surface area contributed by atoms with E-state index >= 15 is 0 Å². The van der Waals surface area contributed by atoms with Crippen molar-refractivity contribution in [1.29, 1.82) is 0 Å². The number of amides is 2. The highest BCUT2D eigenvalue weighted by atomic mass is 16.3. The molecule has 2 aromatic rings. The van der Waals surface area contributed by atoms with E-state index in [1.54, 1.807) is 18.4 Å². The number of carbonyl (C=O) groups excluding carboxylic acids is 2. The van der Waals surface area contributed by atoms with Crippen molar-refractivity contribution >= 4 is 11.8 Å². The Morgan fingerprint density at radius 3 is 2.67 bits per heavy atom. The van der Waals surface area contributed by atoms with Crippen LogP contribution in [0.2, 0.25) is 0 Å². The third-order valence-electron chi connectivity index (χ3n) is 3.49. The highest BCUT2D eigenvalue weighted by Crippen LogP contribution is 2.13. The Hall–Kier alpha value is -2.56. The van der Waals surface area contributed by atoms with E-state index in [0.29, 0.717) is 18.7 Å². The lowest BCUT2D eigenvalue weighted by Crippen LogP contribution is -2.58. The molecule has 0 radical (unpaired) electrons. The standard InChI is InChI=1S/C16H16N2O3/c19-15-11-18(10-13-7-4-8-21-13)16(20)14(17-15)9-12-5-2-1-3-6-12/h1-8,14H,9-11H2,(H,17,19). The number of benzene rings is 1. The molecular formula is C16H16N2O3. The Kier molecular flexibility index (Phi) is 3.73. The Morgan fingerprint density at radius 2 is 1.95 bits per heavy atom. The van der Waals surface area contributed by atoms with Crippen molar-refractivity contribution in [1.82, 2.24) is 10.2 Å². The van der Waals surface area contributed by atoms with Gasteiger partial charge in [0.15, 0.2) is 0 Å². The van der Waals surface area contributed by atoms with E-state index in [1.807, 2.05) is 30.3 Å². The van der Waals surface area contributed by atoms with Gasteiger partial charge in [0.25, 0.3) is 0 Å². The number of rotatable bonds is 4. The second kappa shape index (κ2) is 5.83. The van der Waals surface area contributed by atoms with Gasteiger partial charge in [-0.15, -0.1) is 0 Å². The van der Waals surface area contributed by atoms with Crippen molar-refractivity contribution < 1.29 is 14.0 Å². The molecule has 21 heavy (non-hydrogen) atoms. The monoisotopic (exact) mass is 284 g/mol. The van der Waals surface area contributed by atoms with Crippen molar-refractivity contribution in [2.24, 2.45) is 0 Å². The molecule has 0 spiro atoms. The van der Waals surface area contributed by atoms with Crippen LogP contribution in [0.25, 0.3) is 0 Å². The van der Waals surface area contributed by atoms with Crippen molar-refractivity contribution in [2.45, 2.75) is 19.0 Å². The van der Waals surface area contributed by atoms with Crippen LogP contribution in [0.3, 0.4) is 0 Å². The number of carbonyl (C=O) groups is 2. The summed E-state index contributed by atoms with van der Waals surface area (Å²) in [6.45, 7) is 0.398. The number of nitrogens with one attached hydrogen (secondary N) is 1. The number of piperazine rings is 1. The Bertz CT molecular complexity index is 622. The van der Waals surface area contributed by atoms with Crippen LogP contribution in [0.5, 0.6) is 0 Å². The van der Waals surface area contributed by atoms with E-state index in [9.17, 15) is 9.59 Å². The molecular weight excluding hydrogens is 268 g/mol. The van der Waals surface area contributed by atoms with Gasteiger partial charge in [0.05, 0.1) is 12.8 Å². The molecule has 0 bridgehead atoms. The normalized spacial score (nSPS) is 18.7. The molecule has 1 N–H and O–H groups in total. The van der Waals surface area contributed by atoms with Gasteiger partial charge in [0, 0.05) is 6.42 Å². The SMILES string of the molecule is O=C1CN(Cc2ccco2)C(=O)C(Cc2ccccc2)N1. The first kappa shape index (κ1) is 13.4. The zero-order chi connectivity index (χ0) is 14.7. The summed E-state index contributed by atoms with van der Waals surface area (Å²) in [6, 6.07) is 12.7. The first-order chi connectivity index (χ1) is 10.2. The minimum Gasteiger partial charge on any atom is -0.467 e. The highest BCUT2D eigenvalue weighted by molar-refractivity contribution is 5.94. The lowest BCUT2D eigenvalue weighted by Gasteiger charge is -2.32. The molecule has 0 aliphatic carbocycles. The Morgan fingerprint density at radius 1 is 1.14 bits per heavy atom. The van der Waals surface area contributed by atoms with E-state index in [2.05, 4.69) is 5.32 Å². The second-order valence-electron chi connectivity index (χ2n) is 5.08. The minimum absolute atomic E-state index is 0.0742. The maximum absolute atomic E-state index is 12.5. The van der Waals surface area contributed by atoms with Crippen LogP contribution in [0.15, 0.2) is 53.1 Å². The van der Waals surface area contributed by atoms with E-state index in [-0.39, 0.29) is 18.4 Å². The average molecular weight is 284 g/mol. The number of hydrogen-bond acceptors (Lipinski definition) is 3. The van der Waals surface area contributed by atoms with Crippen LogP contribution in [-0.2, 0) is 22.6 Å². The van der Waals surface area contributed by atoms with Gasteiger partial charge in [-0.25, -0.2) is 0 Å². The molecule has 0 saturated carbocycles. The quantitative estimate of drug-likeness (QED) is 0.922. The number of furan rings is 1. The Balaban J connectivity index is 1.72. The molecule has 3 rings (SSSR count). The summed E-state index contributed by atoms with van der Waals surface area (Å²) in [6.07, 6.45) is 2.06. The predicted molar refractivity (Wildman–Crippen MR) is 76.2 cm³/mol. The van der Waals surface area contributed by atoms with Gasteiger partial charge in [0.2, 0.25) is 11.8 Å². The van der Waals surface area contributed by atoms with Crippen LogP contribution in [0.1, 0.15) is 11.3 Å². The molecule has 1 aromatic carbocycles. The van der Waals surface area contributed by atoms with Gasteiger partial charge in [-0.3, -0.25) is 9.59 Å². The maximum atomic E-state index is 12.5. The molecule has 1 unspecified atom stereocenters. The molecule has 1 aliphatic heterocycles. The van der Waals surface area contributed by atoms with E-state index in [1.165, 1.54) is 4.90 Å². The zero-order valence-electron chi connectivity index (χ0n) is 11.5. The highest BCUT2D eigenvalue weighted by Gasteiger charge is 2.32. The van der Waals surface area contributed by atoms with Crippen molar-refractivity contribution in [3.05, 3.63) is 60.1 Å². The molecule has 2 heterocycles. The number of nitrogens with zero attached hydrogens (tertiary/aromatic N) is 1. The van der Waals surface area contributed by atoms with Crippen molar-refractivity contribution in [2.75, 3.05) is 6.54 Å². The molecule has 5 nitrogen and oxygen atoms in total. The fraction of sp³-hybridized carbons (Fsp3) is 0.250. The summed E-state index contributed by atoms with van der Waals surface area (Å²) in [5.41, 5.74) is 1.02. The van der Waals surface area contributed by atoms with E-state index in [0.717, 1.165) is 5.56 Å². The second-order valence-corrected chi connectivity index (χ2v) is 5.08. The first-order valence-corrected chi connectivity index (χ1v) is 6.87. The summed E-state index contributed by atoms with van der Waals surface area (Å²) in [7, 11) is 0. The fourth-order valence-electron chi connectivity index (χ4n) is 2.49. The van der Waals surface area contributed by atoms with Crippen LogP contribution in [0.4, 0.5) is 0 Å². The van der Waals surface area contributed by atoms with Gasteiger partial charge in [-0.2, -0.15) is 0 Å². The predicted octanol–water partition coefficient (Wildman–Crippen LogP) is 1.35.